The molecule has 2 heterocycles. The van der Waals surface area contributed by atoms with Crippen molar-refractivity contribution in [2.45, 2.75) is 12.8 Å². The minimum absolute atomic E-state index is 0.173. The summed E-state index contributed by atoms with van der Waals surface area (Å²) in [5, 5.41) is 3.79. The van der Waals surface area contributed by atoms with E-state index in [1.807, 2.05) is 0 Å². The number of H-pyrrole nitrogens is 2. The van der Waals surface area contributed by atoms with Gasteiger partial charge >= 0.3 is 5.97 Å². The zero-order chi connectivity index (χ0) is 18.3. The molecule has 0 radical (unpaired) electrons. The van der Waals surface area contributed by atoms with Gasteiger partial charge in [0, 0.05) is 15.7 Å². The maximum absolute atomic E-state index is 12.6. The van der Waals surface area contributed by atoms with Gasteiger partial charge in [-0.05, 0) is 36.8 Å². The molecule has 1 aromatic heterocycles. The van der Waals surface area contributed by atoms with Gasteiger partial charge in [0.2, 0.25) is 0 Å². The van der Waals surface area contributed by atoms with Crippen LogP contribution >= 0.6 is 35.4 Å². The molecule has 0 spiro atoms. The van der Waals surface area contributed by atoms with Crippen molar-refractivity contribution in [2.24, 2.45) is 0 Å². The van der Waals surface area contributed by atoms with E-state index in [-0.39, 0.29) is 10.3 Å². The van der Waals surface area contributed by atoms with Gasteiger partial charge in [0.25, 0.3) is 5.56 Å². The van der Waals surface area contributed by atoms with Gasteiger partial charge in [-0.25, -0.2) is 4.79 Å². The average molecular weight is 398 g/mol. The quantitative estimate of drug-likeness (QED) is 0.530. The van der Waals surface area contributed by atoms with Gasteiger partial charge in [-0.2, -0.15) is 0 Å². The van der Waals surface area contributed by atoms with Crippen LogP contribution in [-0.4, -0.2) is 23.0 Å². The third-order valence-electron chi connectivity index (χ3n) is 3.95. The number of carbonyl (C=O) groups excluding carboxylic acids is 1. The van der Waals surface area contributed by atoms with Crippen LogP contribution in [-0.2, 0) is 9.53 Å². The Balaban J connectivity index is 2.36. The van der Waals surface area contributed by atoms with Gasteiger partial charge in [-0.3, -0.25) is 9.78 Å². The van der Waals surface area contributed by atoms with E-state index >= 15 is 0 Å². The molecule has 0 saturated carbocycles. The first-order valence-corrected chi connectivity index (χ1v) is 8.37. The standard InChI is InChI=1S/C16H13Cl2N3O3S/c1-6-10(15(23)24-2)11(8-4-3-7(17)5-9(8)18)12-13(19-6)20-16(25)21-14(12)22/h3-5,11H,1-2H3,(H3,19,20,21,22,25). The van der Waals surface area contributed by atoms with Gasteiger partial charge < -0.3 is 15.0 Å². The van der Waals surface area contributed by atoms with Crippen molar-refractivity contribution in [3.8, 4) is 0 Å². The van der Waals surface area contributed by atoms with E-state index < -0.39 is 17.4 Å². The number of carbonyl (C=O) groups is 1. The number of fused-ring (bicyclic) bond motifs is 1. The van der Waals surface area contributed by atoms with Crippen molar-refractivity contribution in [3.63, 3.8) is 0 Å². The highest BCUT2D eigenvalue weighted by atomic mass is 35.5. The number of anilines is 1. The molecule has 0 amide bonds. The van der Waals surface area contributed by atoms with Crippen molar-refractivity contribution in [1.82, 2.24) is 9.97 Å². The minimum Gasteiger partial charge on any atom is -0.466 e. The van der Waals surface area contributed by atoms with Gasteiger partial charge in [0.1, 0.15) is 5.82 Å². The second-order valence-corrected chi connectivity index (χ2v) is 6.70. The Labute approximate surface area is 157 Å². The molecular formula is C16H13Cl2N3O3S. The summed E-state index contributed by atoms with van der Waals surface area (Å²) >= 11 is 17.3. The number of aromatic nitrogens is 2. The Morgan fingerprint density at radius 3 is 2.64 bits per heavy atom. The molecule has 6 nitrogen and oxygen atoms in total. The molecule has 0 saturated heterocycles. The van der Waals surface area contributed by atoms with Gasteiger partial charge in [0.15, 0.2) is 4.77 Å². The lowest BCUT2D eigenvalue weighted by Gasteiger charge is -2.29. The fraction of sp³-hybridized carbons (Fsp3) is 0.188. The lowest BCUT2D eigenvalue weighted by atomic mass is 9.82. The molecule has 1 aliphatic rings. The number of aromatic amines is 2. The van der Waals surface area contributed by atoms with E-state index in [0.29, 0.717) is 32.7 Å². The largest absolute Gasteiger partial charge is 0.466 e. The fourth-order valence-corrected chi connectivity index (χ4v) is 3.63. The van der Waals surface area contributed by atoms with Crippen LogP contribution in [0.15, 0.2) is 34.3 Å². The Hall–Kier alpha value is -2.09. The van der Waals surface area contributed by atoms with Crippen molar-refractivity contribution in [2.75, 3.05) is 12.4 Å². The average Bonchev–Trinajstić information content (AvgIpc) is 2.52. The summed E-state index contributed by atoms with van der Waals surface area (Å²) in [6, 6.07) is 4.89. The monoisotopic (exact) mass is 397 g/mol. The fourth-order valence-electron chi connectivity index (χ4n) is 2.91. The predicted molar refractivity (Wildman–Crippen MR) is 98.9 cm³/mol. The zero-order valence-electron chi connectivity index (χ0n) is 13.2. The number of esters is 1. The maximum Gasteiger partial charge on any atom is 0.336 e. The number of rotatable bonds is 2. The van der Waals surface area contributed by atoms with E-state index in [9.17, 15) is 9.59 Å². The molecule has 2 aromatic rings. The van der Waals surface area contributed by atoms with Crippen LogP contribution in [0.2, 0.25) is 10.0 Å². The molecule has 0 bridgehead atoms. The van der Waals surface area contributed by atoms with E-state index in [2.05, 4.69) is 15.3 Å². The van der Waals surface area contributed by atoms with E-state index in [1.54, 1.807) is 25.1 Å². The summed E-state index contributed by atoms with van der Waals surface area (Å²) < 4.78 is 5.08. The van der Waals surface area contributed by atoms with Crippen molar-refractivity contribution in [1.29, 1.82) is 0 Å². The summed E-state index contributed by atoms with van der Waals surface area (Å²) in [5.41, 5.74) is 1.26. The number of benzene rings is 1. The van der Waals surface area contributed by atoms with E-state index in [1.165, 1.54) is 7.11 Å². The third kappa shape index (κ3) is 3.10. The number of methoxy groups -OCH3 is 1. The highest BCUT2D eigenvalue weighted by molar-refractivity contribution is 7.71. The Morgan fingerprint density at radius 1 is 1.28 bits per heavy atom. The summed E-state index contributed by atoms with van der Waals surface area (Å²) in [6.07, 6.45) is 0. The Morgan fingerprint density at radius 2 is 2.00 bits per heavy atom. The van der Waals surface area contributed by atoms with Crippen molar-refractivity contribution >= 4 is 47.2 Å². The molecule has 1 atom stereocenters. The molecule has 3 rings (SSSR count). The van der Waals surface area contributed by atoms with Crippen LogP contribution in [0.5, 0.6) is 0 Å². The van der Waals surface area contributed by atoms with Crippen LogP contribution < -0.4 is 10.9 Å². The number of allylic oxidation sites excluding steroid dienone is 1. The molecule has 3 N–H and O–H groups in total. The molecule has 25 heavy (non-hydrogen) atoms. The second-order valence-electron chi connectivity index (χ2n) is 5.45. The Kier molecular flexibility index (Phi) is 4.73. The molecule has 1 aliphatic heterocycles. The van der Waals surface area contributed by atoms with Crippen molar-refractivity contribution < 1.29 is 9.53 Å². The summed E-state index contributed by atoms with van der Waals surface area (Å²) in [4.78, 5) is 30.4. The van der Waals surface area contributed by atoms with Gasteiger partial charge in [-0.15, -0.1) is 0 Å². The highest BCUT2D eigenvalue weighted by Gasteiger charge is 2.36. The maximum atomic E-state index is 12.6. The summed E-state index contributed by atoms with van der Waals surface area (Å²) in [7, 11) is 1.28. The summed E-state index contributed by atoms with van der Waals surface area (Å²) in [6.45, 7) is 1.71. The van der Waals surface area contributed by atoms with Crippen LogP contribution in [0, 0.1) is 4.77 Å². The first kappa shape index (κ1) is 17.7. The Bertz CT molecular complexity index is 1030. The van der Waals surface area contributed by atoms with Crippen LogP contribution in [0.1, 0.15) is 24.0 Å². The predicted octanol–water partition coefficient (Wildman–Crippen LogP) is 3.74. The molecule has 9 heteroatoms. The zero-order valence-corrected chi connectivity index (χ0v) is 15.5. The molecule has 130 valence electrons. The SMILES string of the molecule is COC(=O)C1=C(C)Nc2[nH]c(=S)[nH]c(=O)c2C1c1ccc(Cl)cc1Cl. The van der Waals surface area contributed by atoms with Crippen LogP contribution in [0.3, 0.4) is 0 Å². The first-order chi connectivity index (χ1) is 11.8. The molecular weight excluding hydrogens is 385 g/mol. The van der Waals surface area contributed by atoms with Crippen LogP contribution in [0.25, 0.3) is 0 Å². The normalized spacial score (nSPS) is 16.2. The lowest BCUT2D eigenvalue weighted by molar-refractivity contribution is -0.136. The molecule has 0 aliphatic carbocycles. The number of hydrogen-bond donors (Lipinski definition) is 3. The van der Waals surface area contributed by atoms with Crippen molar-refractivity contribution in [3.05, 3.63) is 65.8 Å². The van der Waals surface area contributed by atoms with E-state index in [4.69, 9.17) is 40.2 Å². The number of nitrogens with one attached hydrogen (secondary N) is 3. The summed E-state index contributed by atoms with van der Waals surface area (Å²) in [5.74, 6) is -0.882. The van der Waals surface area contributed by atoms with Gasteiger partial charge in [0.05, 0.1) is 24.2 Å². The minimum atomic E-state index is -0.732. The van der Waals surface area contributed by atoms with Gasteiger partial charge in [-0.1, -0.05) is 29.3 Å². The highest BCUT2D eigenvalue weighted by Crippen LogP contribution is 2.42. The molecule has 1 aromatic carbocycles. The second kappa shape index (κ2) is 6.67. The number of hydrogen-bond acceptors (Lipinski definition) is 5. The third-order valence-corrected chi connectivity index (χ3v) is 4.72. The number of halogens is 2. The van der Waals surface area contributed by atoms with Crippen LogP contribution in [0.4, 0.5) is 5.82 Å². The molecule has 0 fully saturated rings. The topological polar surface area (TPSA) is 87.0 Å². The lowest BCUT2D eigenvalue weighted by Crippen LogP contribution is -2.30. The smallest absolute Gasteiger partial charge is 0.336 e. The molecule has 1 unspecified atom stereocenters. The number of ether oxygens (including phenoxy) is 1. The van der Waals surface area contributed by atoms with E-state index in [0.717, 1.165) is 0 Å². The first-order valence-electron chi connectivity index (χ1n) is 7.21.